The van der Waals surface area contributed by atoms with Crippen molar-refractivity contribution >= 4 is 33.1 Å². The molecule has 0 aromatic heterocycles. The van der Waals surface area contributed by atoms with Gasteiger partial charge in [0, 0.05) is 0 Å². The van der Waals surface area contributed by atoms with Gasteiger partial charge < -0.3 is 9.16 Å². The van der Waals surface area contributed by atoms with Gasteiger partial charge in [0.2, 0.25) is 8.32 Å². The molecule has 0 unspecified atom stereocenters. The van der Waals surface area contributed by atoms with E-state index in [0.717, 1.165) is 24.4 Å². The summed E-state index contributed by atoms with van der Waals surface area (Å²) in [4.78, 5) is 0. The van der Waals surface area contributed by atoms with Crippen LogP contribution in [0.1, 0.15) is 19.8 Å². The molecule has 0 radical (unpaired) electrons. The maximum atomic E-state index is 5.84. The van der Waals surface area contributed by atoms with E-state index in [1.165, 1.54) is 0 Å². The fourth-order valence-electron chi connectivity index (χ4n) is 1.44. The van der Waals surface area contributed by atoms with E-state index in [4.69, 9.17) is 9.16 Å². The molecule has 118 valence electrons. The summed E-state index contributed by atoms with van der Waals surface area (Å²) in [6.07, 6.45) is 16.0. The van der Waals surface area contributed by atoms with Crippen LogP contribution >= 0.6 is 24.8 Å². The number of hydrogen-bond donors (Lipinski definition) is 0. The predicted octanol–water partition coefficient (Wildman–Crippen LogP) is 5.00. The molecule has 0 spiro atoms. The summed E-state index contributed by atoms with van der Waals surface area (Å²) in [5.41, 5.74) is 0. The third-order valence-corrected chi connectivity index (χ3v) is 2.90. The van der Waals surface area contributed by atoms with Gasteiger partial charge in [-0.1, -0.05) is 0 Å². The third-order valence-electron chi connectivity index (χ3n) is 2.06. The molecule has 0 bridgehead atoms. The van der Waals surface area contributed by atoms with Crippen molar-refractivity contribution in [3.05, 3.63) is 48.0 Å². The van der Waals surface area contributed by atoms with E-state index < -0.39 is 8.32 Å². The smallest absolute Gasteiger partial charge is 0.629 e. The molecule has 2 aliphatic rings. The number of halogens is 2. The Morgan fingerprint density at radius 1 is 1.19 bits per heavy atom. The molecular weight excluding hydrogens is 402 g/mol. The minimum absolute atomic E-state index is 0. The molecule has 0 N–H and O–H groups in total. The van der Waals surface area contributed by atoms with Crippen molar-refractivity contribution in [1.82, 2.24) is 0 Å². The molecule has 2 nitrogen and oxygen atoms in total. The molecule has 6 heteroatoms. The summed E-state index contributed by atoms with van der Waals surface area (Å²) in [6, 6.07) is 0. The molecular formula is C15H24Cl2O2SiZr. The van der Waals surface area contributed by atoms with Crippen LogP contribution < -0.4 is 0 Å². The van der Waals surface area contributed by atoms with Gasteiger partial charge in [0.25, 0.3) is 0 Å². The molecule has 0 aromatic carbocycles. The first-order chi connectivity index (χ1) is 8.53. The van der Waals surface area contributed by atoms with E-state index >= 15 is 0 Å². The maximum absolute atomic E-state index is 5.84. The van der Waals surface area contributed by atoms with Crippen molar-refractivity contribution in [2.45, 2.75) is 39.4 Å². The molecule has 21 heavy (non-hydrogen) atoms. The Labute approximate surface area is 161 Å². The van der Waals surface area contributed by atoms with Crippen LogP contribution in [0, 0.1) is 12.2 Å². The molecule has 0 saturated heterocycles. The number of allylic oxidation sites excluding steroid dienone is 6. The molecule has 0 fully saturated rings. The second kappa shape index (κ2) is 13.9. The second-order valence-electron chi connectivity index (χ2n) is 4.93. The molecule has 2 aliphatic carbocycles. The summed E-state index contributed by atoms with van der Waals surface area (Å²) in [7, 11) is -1.50. The first kappa shape index (κ1) is 26.2. The number of rotatable bonds is 4. The standard InChI is InChI=1S/C10H17O2Si.C5H5.2ClH.Zr/c1-5-11-9-7-6-8-10(9)12-13(2,3)4;1-2-4-5-3-1;;;/h8H,5-6H2,1-4H3;1-3H,4H2;2*1H;/q2*-1;;;+2. The van der Waals surface area contributed by atoms with E-state index in [1.807, 2.05) is 25.2 Å². The average molecular weight is 427 g/mol. The normalized spacial score (nSPS) is 14.5. The topological polar surface area (TPSA) is 18.5 Å². The summed E-state index contributed by atoms with van der Waals surface area (Å²) in [6.45, 7) is 9.13. The summed E-state index contributed by atoms with van der Waals surface area (Å²) >= 11 is 0. The van der Waals surface area contributed by atoms with E-state index in [9.17, 15) is 0 Å². The fraction of sp³-hybridized carbons (Fsp3) is 0.467. The van der Waals surface area contributed by atoms with E-state index in [0.29, 0.717) is 6.61 Å². The average Bonchev–Trinajstić information content (AvgIpc) is 2.91. The van der Waals surface area contributed by atoms with Crippen LogP contribution in [-0.2, 0) is 35.4 Å². The first-order valence-electron chi connectivity index (χ1n) is 6.38. The Morgan fingerprint density at radius 3 is 2.24 bits per heavy atom. The van der Waals surface area contributed by atoms with Crippen molar-refractivity contribution in [2.24, 2.45) is 0 Å². The van der Waals surface area contributed by atoms with Crippen molar-refractivity contribution in [3.63, 3.8) is 0 Å². The number of ether oxygens (including phenoxy) is 1. The van der Waals surface area contributed by atoms with Crippen LogP contribution in [0.5, 0.6) is 0 Å². The van der Waals surface area contributed by atoms with Gasteiger partial charge in [-0.25, -0.2) is 18.2 Å². The molecule has 2 rings (SSSR count). The predicted molar refractivity (Wildman–Crippen MR) is 91.6 cm³/mol. The Kier molecular flexibility index (Phi) is 17.3. The monoisotopic (exact) mass is 424 g/mol. The Morgan fingerprint density at radius 2 is 1.86 bits per heavy atom. The van der Waals surface area contributed by atoms with Crippen molar-refractivity contribution in [3.8, 4) is 0 Å². The van der Waals surface area contributed by atoms with Crippen LogP contribution in [0.15, 0.2) is 35.8 Å². The largest absolute Gasteiger partial charge is 2.00 e. The first-order valence-corrected chi connectivity index (χ1v) is 9.78. The van der Waals surface area contributed by atoms with Gasteiger partial charge >= 0.3 is 26.2 Å². The van der Waals surface area contributed by atoms with Crippen LogP contribution in [0.4, 0.5) is 0 Å². The summed E-state index contributed by atoms with van der Waals surface area (Å²) in [5.74, 6) is 1.69. The van der Waals surface area contributed by atoms with Crippen molar-refractivity contribution in [1.29, 1.82) is 0 Å². The minimum Gasteiger partial charge on any atom is -0.629 e. The maximum Gasteiger partial charge on any atom is 2.00 e. The van der Waals surface area contributed by atoms with E-state index in [2.05, 4.69) is 37.9 Å². The van der Waals surface area contributed by atoms with E-state index in [-0.39, 0.29) is 51.0 Å². The SMILES string of the molecule is CCOC1=[C-]CC=C1O[Si](C)(C)C.Cl.Cl.[C-]1=CC=CC1.[Zr+2]. The number of hydrogen-bond acceptors (Lipinski definition) is 2. The quantitative estimate of drug-likeness (QED) is 0.465. The molecule has 0 amide bonds. The Balaban J connectivity index is -0.000000349. The van der Waals surface area contributed by atoms with Gasteiger partial charge in [0.15, 0.2) is 0 Å². The van der Waals surface area contributed by atoms with Crippen LogP contribution in [0.25, 0.3) is 0 Å². The summed E-state index contributed by atoms with van der Waals surface area (Å²) in [5, 5.41) is 0. The van der Waals surface area contributed by atoms with Crippen LogP contribution in [-0.4, -0.2) is 14.9 Å². The fourth-order valence-corrected chi connectivity index (χ4v) is 2.28. The molecule has 0 saturated carbocycles. The van der Waals surface area contributed by atoms with Gasteiger partial charge in [-0.15, -0.1) is 43.7 Å². The van der Waals surface area contributed by atoms with Crippen molar-refractivity contribution in [2.75, 3.05) is 6.61 Å². The van der Waals surface area contributed by atoms with Gasteiger partial charge in [0.05, 0.1) is 6.61 Å². The third kappa shape index (κ3) is 12.5. The molecule has 0 aliphatic heterocycles. The Hall–Kier alpha value is 0.240. The van der Waals surface area contributed by atoms with E-state index in [1.54, 1.807) is 0 Å². The zero-order chi connectivity index (χ0) is 13.4. The van der Waals surface area contributed by atoms with Gasteiger partial charge in [-0.3, -0.25) is 6.08 Å². The Bertz CT molecular complexity index is 376. The van der Waals surface area contributed by atoms with Crippen LogP contribution in [0.2, 0.25) is 19.6 Å². The second-order valence-corrected chi connectivity index (χ2v) is 9.36. The summed E-state index contributed by atoms with van der Waals surface area (Å²) < 4.78 is 11.2. The van der Waals surface area contributed by atoms with Crippen LogP contribution in [0.3, 0.4) is 0 Å². The van der Waals surface area contributed by atoms with Crippen molar-refractivity contribution < 1.29 is 35.4 Å². The zero-order valence-electron chi connectivity index (χ0n) is 13.1. The van der Waals surface area contributed by atoms with Gasteiger partial charge in [-0.2, -0.15) is 6.08 Å². The van der Waals surface area contributed by atoms with Gasteiger partial charge in [-0.05, 0) is 38.1 Å². The zero-order valence-corrected chi connectivity index (χ0v) is 18.2. The molecule has 0 atom stereocenters. The minimum atomic E-state index is -1.50. The molecule has 0 heterocycles. The van der Waals surface area contributed by atoms with Gasteiger partial charge in [0.1, 0.15) is 0 Å². The molecule has 0 aromatic rings.